The molecule has 4 aliphatic rings. The first-order valence-electron chi connectivity index (χ1n) is 13.8. The second-order valence-electron chi connectivity index (χ2n) is 13.5. The van der Waals surface area contributed by atoms with E-state index in [0.717, 1.165) is 51.6 Å². The second kappa shape index (κ2) is 9.37. The number of unbranched alkanes of at least 4 members (excludes halogenated alkanes) is 2. The smallest absolute Gasteiger partial charge is 0.191 e. The van der Waals surface area contributed by atoms with Crippen molar-refractivity contribution in [3.8, 4) is 0 Å². The lowest BCUT2D eigenvalue weighted by atomic mass is 9.49. The molecule has 0 heterocycles. The molecule has 3 fully saturated rings. The average molecular weight is 473 g/mol. The molecule has 0 aromatic carbocycles. The fourth-order valence-electron chi connectivity index (χ4n) is 7.68. The number of carbonyl (C=O) groups is 2. The molecule has 6 atom stereocenters. The third kappa shape index (κ3) is 4.85. The average Bonchev–Trinajstić information content (AvgIpc) is 3.03. The van der Waals surface area contributed by atoms with Crippen molar-refractivity contribution in [1.82, 2.24) is 0 Å². The molecule has 33 heavy (non-hydrogen) atoms. The first-order chi connectivity index (χ1) is 15.4. The number of rotatable bonds is 7. The topological polar surface area (TPSA) is 43.4 Å². The van der Waals surface area contributed by atoms with Gasteiger partial charge in [-0.1, -0.05) is 46.1 Å². The van der Waals surface area contributed by atoms with Crippen molar-refractivity contribution in [3.63, 3.8) is 0 Å². The van der Waals surface area contributed by atoms with Crippen LogP contribution in [0.5, 0.6) is 0 Å². The zero-order valence-electron chi connectivity index (χ0n) is 22.2. The zero-order valence-corrected chi connectivity index (χ0v) is 23.2. The summed E-state index contributed by atoms with van der Waals surface area (Å²) in [5.74, 6) is 4.12. The van der Waals surface area contributed by atoms with Gasteiger partial charge in [0.1, 0.15) is 5.78 Å². The van der Waals surface area contributed by atoms with Gasteiger partial charge in [-0.15, -0.1) is 0 Å². The maximum atomic E-state index is 12.9. The Balaban J connectivity index is 1.39. The summed E-state index contributed by atoms with van der Waals surface area (Å²) in [5, 5.41) is 0.276. The lowest BCUT2D eigenvalue weighted by molar-refractivity contribution is -0.132. The van der Waals surface area contributed by atoms with Crippen LogP contribution in [0, 0.1) is 35.0 Å². The molecule has 0 amide bonds. The minimum absolute atomic E-state index is 0.0673. The van der Waals surface area contributed by atoms with E-state index in [4.69, 9.17) is 4.43 Å². The van der Waals surface area contributed by atoms with Gasteiger partial charge in [-0.05, 0) is 98.7 Å². The van der Waals surface area contributed by atoms with E-state index in [2.05, 4.69) is 40.8 Å². The molecular weight excluding hydrogens is 424 g/mol. The molecule has 186 valence electrons. The predicted molar refractivity (Wildman–Crippen MR) is 138 cm³/mol. The van der Waals surface area contributed by atoms with Crippen molar-refractivity contribution in [2.24, 2.45) is 35.0 Å². The highest BCUT2D eigenvalue weighted by Gasteiger charge is 2.58. The zero-order chi connectivity index (χ0) is 24.0. The molecule has 4 aliphatic carbocycles. The molecule has 0 aromatic heterocycles. The van der Waals surface area contributed by atoms with Crippen molar-refractivity contribution in [1.29, 1.82) is 0 Å². The molecule has 0 radical (unpaired) electrons. The largest absolute Gasteiger partial charge is 0.417 e. The Morgan fingerprint density at radius 2 is 1.82 bits per heavy atom. The van der Waals surface area contributed by atoms with Crippen LogP contribution in [-0.4, -0.2) is 26.5 Å². The van der Waals surface area contributed by atoms with E-state index in [1.54, 1.807) is 0 Å². The number of allylic oxidation sites excluding steroid dienone is 1. The van der Waals surface area contributed by atoms with Gasteiger partial charge in [0.2, 0.25) is 0 Å². The van der Waals surface area contributed by atoms with Crippen LogP contribution in [0.25, 0.3) is 0 Å². The minimum Gasteiger partial charge on any atom is -0.417 e. The van der Waals surface area contributed by atoms with Crippen molar-refractivity contribution in [3.05, 3.63) is 11.6 Å². The van der Waals surface area contributed by atoms with Crippen LogP contribution in [-0.2, 0) is 14.0 Å². The minimum atomic E-state index is -1.65. The number of fused-ring (bicyclic) bond motifs is 5. The van der Waals surface area contributed by atoms with Gasteiger partial charge in [-0.25, -0.2) is 0 Å². The first-order valence-corrected chi connectivity index (χ1v) is 16.8. The highest BCUT2D eigenvalue weighted by atomic mass is 28.4. The number of Topliss-reactive ketones (excluding diaryl/α,β-unsaturated/α-hetero) is 1. The monoisotopic (exact) mass is 472 g/mol. The summed E-state index contributed by atoms with van der Waals surface area (Å²) in [4.78, 5) is 25.1. The molecule has 0 aliphatic heterocycles. The summed E-state index contributed by atoms with van der Waals surface area (Å²) >= 11 is 0. The van der Waals surface area contributed by atoms with Gasteiger partial charge in [-0.2, -0.15) is 0 Å². The molecule has 0 aromatic rings. The lowest BCUT2D eigenvalue weighted by Gasteiger charge is -2.55. The molecule has 0 unspecified atom stereocenters. The SMILES string of the molecule is CC(C)(C)[Si](C)(C)OCCCCC[C@@H]1CC2=CC(=O)CC[C@@H]2[C@H]2CC[C@]3(C)C(=O)CC[C@H]3[C@H]12. The van der Waals surface area contributed by atoms with Crippen LogP contribution in [0.3, 0.4) is 0 Å². The third-order valence-electron chi connectivity index (χ3n) is 10.7. The van der Waals surface area contributed by atoms with E-state index >= 15 is 0 Å². The molecule has 4 rings (SSSR count). The summed E-state index contributed by atoms with van der Waals surface area (Å²) in [5.41, 5.74) is 1.40. The van der Waals surface area contributed by atoms with Crippen LogP contribution in [0.2, 0.25) is 18.1 Å². The summed E-state index contributed by atoms with van der Waals surface area (Å²) in [6.07, 6.45) is 14.0. The molecule has 0 saturated heterocycles. The molecule has 0 bridgehead atoms. The normalized spacial score (nSPS) is 36.8. The quantitative estimate of drug-likeness (QED) is 0.284. The summed E-state index contributed by atoms with van der Waals surface area (Å²) in [6, 6.07) is 0. The Morgan fingerprint density at radius 3 is 2.55 bits per heavy atom. The van der Waals surface area contributed by atoms with Crippen LogP contribution >= 0.6 is 0 Å². The highest BCUT2D eigenvalue weighted by molar-refractivity contribution is 6.74. The van der Waals surface area contributed by atoms with Crippen LogP contribution in [0.1, 0.15) is 98.3 Å². The van der Waals surface area contributed by atoms with Crippen LogP contribution < -0.4 is 0 Å². The van der Waals surface area contributed by atoms with Gasteiger partial charge in [-0.3, -0.25) is 9.59 Å². The van der Waals surface area contributed by atoms with Crippen LogP contribution in [0.15, 0.2) is 11.6 Å². The Bertz CT molecular complexity index is 791. The van der Waals surface area contributed by atoms with Gasteiger partial charge >= 0.3 is 0 Å². The summed E-state index contributed by atoms with van der Waals surface area (Å²) < 4.78 is 6.39. The maximum Gasteiger partial charge on any atom is 0.191 e. The van der Waals surface area contributed by atoms with Crippen molar-refractivity contribution in [2.75, 3.05) is 6.61 Å². The lowest BCUT2D eigenvalue weighted by Crippen LogP contribution is -2.50. The van der Waals surface area contributed by atoms with Gasteiger partial charge in [0.15, 0.2) is 14.1 Å². The molecule has 3 nitrogen and oxygen atoms in total. The van der Waals surface area contributed by atoms with Crippen molar-refractivity contribution in [2.45, 2.75) is 116 Å². The molecule has 0 N–H and O–H groups in total. The maximum absolute atomic E-state index is 12.9. The second-order valence-corrected chi connectivity index (χ2v) is 18.3. The third-order valence-corrected chi connectivity index (χ3v) is 15.2. The number of carbonyl (C=O) groups excluding carboxylic acids is 2. The molecular formula is C29H48O3Si. The standard InChI is InChI=1S/C29H48O3Si/c1-28(2,3)33(5,6)32-17-9-7-8-10-20-18-21-19-22(30)11-12-23(21)24-15-16-29(4)25(27(20)24)13-14-26(29)31/h19-20,23-25,27H,7-18H2,1-6H3/t20-,23+,24-,25+,27-,29+/m1/s1. The van der Waals surface area contributed by atoms with E-state index in [1.165, 1.54) is 31.3 Å². The predicted octanol–water partition coefficient (Wildman–Crippen LogP) is 7.51. The Hall–Kier alpha value is -0.743. The molecule has 3 saturated carbocycles. The number of hydrogen-bond donors (Lipinski definition) is 0. The fraction of sp³-hybridized carbons (Fsp3) is 0.862. The Kier molecular flexibility index (Phi) is 7.20. The van der Waals surface area contributed by atoms with E-state index in [9.17, 15) is 9.59 Å². The molecule has 4 heteroatoms. The molecule has 0 spiro atoms. The van der Waals surface area contributed by atoms with E-state index in [1.807, 2.05) is 6.08 Å². The number of hydrogen-bond acceptors (Lipinski definition) is 3. The number of ketones is 2. The summed E-state index contributed by atoms with van der Waals surface area (Å²) in [6.45, 7) is 14.8. The van der Waals surface area contributed by atoms with Gasteiger partial charge in [0.05, 0.1) is 0 Å². The fourth-order valence-corrected chi connectivity index (χ4v) is 8.76. The highest BCUT2D eigenvalue weighted by Crippen LogP contribution is 2.62. The van der Waals surface area contributed by atoms with Gasteiger partial charge in [0.25, 0.3) is 0 Å². The van der Waals surface area contributed by atoms with E-state index < -0.39 is 8.32 Å². The summed E-state index contributed by atoms with van der Waals surface area (Å²) in [7, 11) is -1.65. The van der Waals surface area contributed by atoms with E-state index in [-0.39, 0.29) is 10.5 Å². The Morgan fingerprint density at radius 1 is 1.06 bits per heavy atom. The first kappa shape index (κ1) is 25.4. The van der Waals surface area contributed by atoms with E-state index in [0.29, 0.717) is 41.2 Å². The van der Waals surface area contributed by atoms with Crippen LogP contribution in [0.4, 0.5) is 0 Å². The van der Waals surface area contributed by atoms with Crippen molar-refractivity contribution >= 4 is 19.9 Å². The van der Waals surface area contributed by atoms with Gasteiger partial charge < -0.3 is 4.43 Å². The van der Waals surface area contributed by atoms with Gasteiger partial charge in [0, 0.05) is 24.9 Å². The Labute approximate surface area is 203 Å². The van der Waals surface area contributed by atoms with Crippen molar-refractivity contribution < 1.29 is 14.0 Å².